The molecule has 0 saturated heterocycles. The molecule has 0 fully saturated rings. The molecule has 0 N–H and O–H groups in total. The van der Waals surface area contributed by atoms with Crippen molar-refractivity contribution < 1.29 is 0 Å². The molecule has 0 saturated carbocycles. The lowest BCUT2D eigenvalue weighted by atomic mass is 10.1. The molecule has 0 aliphatic heterocycles. The lowest BCUT2D eigenvalue weighted by Gasteiger charge is -2.31. The molecule has 0 radical (unpaired) electrons. The van der Waals surface area contributed by atoms with Gasteiger partial charge in [-0.2, -0.15) is 0 Å². The minimum Gasteiger partial charge on any atom is -0.339 e. The summed E-state index contributed by atoms with van der Waals surface area (Å²) in [7, 11) is 1.99. The van der Waals surface area contributed by atoms with Crippen molar-refractivity contribution in [1.29, 1.82) is 0 Å². The lowest BCUT2D eigenvalue weighted by Crippen LogP contribution is -2.39. The first-order chi connectivity index (χ1) is 5.91. The van der Waals surface area contributed by atoms with Crippen LogP contribution in [0.1, 0.15) is 20.8 Å². The monoisotopic (exact) mass is 243 g/mol. The minimum atomic E-state index is 0.0494. The number of anilines is 1. The SMILES string of the molecule is CN(c1ncc(Br)cn1)C(C)(C)C. The molecule has 13 heavy (non-hydrogen) atoms. The predicted octanol–water partition coefficient (Wildman–Crippen LogP) is 2.47. The third kappa shape index (κ3) is 2.66. The highest BCUT2D eigenvalue weighted by Crippen LogP contribution is 2.17. The molecule has 1 rings (SSSR count). The quantitative estimate of drug-likeness (QED) is 0.759. The maximum atomic E-state index is 4.21. The summed E-state index contributed by atoms with van der Waals surface area (Å²) in [5.41, 5.74) is 0.0494. The van der Waals surface area contributed by atoms with Gasteiger partial charge >= 0.3 is 0 Å². The fourth-order valence-electron chi connectivity index (χ4n) is 0.779. The Morgan fingerprint density at radius 3 is 2.08 bits per heavy atom. The van der Waals surface area contributed by atoms with Crippen LogP contribution in [0, 0.1) is 0 Å². The fraction of sp³-hybridized carbons (Fsp3) is 0.556. The second-order valence-electron chi connectivity index (χ2n) is 3.93. The molecule has 1 aromatic rings. The normalized spacial score (nSPS) is 11.5. The van der Waals surface area contributed by atoms with E-state index < -0.39 is 0 Å². The molecule has 0 unspecified atom stereocenters. The predicted molar refractivity (Wildman–Crippen MR) is 57.9 cm³/mol. The Bertz CT molecular complexity index is 276. The van der Waals surface area contributed by atoms with Crippen molar-refractivity contribution in [2.75, 3.05) is 11.9 Å². The van der Waals surface area contributed by atoms with Crippen molar-refractivity contribution in [3.8, 4) is 0 Å². The zero-order valence-electron chi connectivity index (χ0n) is 8.37. The summed E-state index contributed by atoms with van der Waals surface area (Å²) in [6.07, 6.45) is 3.51. The van der Waals surface area contributed by atoms with Gasteiger partial charge in [0.05, 0.1) is 4.47 Å². The topological polar surface area (TPSA) is 29.0 Å². The van der Waals surface area contributed by atoms with E-state index in [0.29, 0.717) is 0 Å². The van der Waals surface area contributed by atoms with Gasteiger partial charge in [0, 0.05) is 25.0 Å². The number of aromatic nitrogens is 2. The Kier molecular flexibility index (Phi) is 2.91. The first kappa shape index (κ1) is 10.4. The molecule has 1 heterocycles. The van der Waals surface area contributed by atoms with E-state index >= 15 is 0 Å². The molecular weight excluding hydrogens is 230 g/mol. The van der Waals surface area contributed by atoms with E-state index in [0.717, 1.165) is 10.4 Å². The summed E-state index contributed by atoms with van der Waals surface area (Å²) < 4.78 is 0.901. The number of hydrogen-bond donors (Lipinski definition) is 0. The Morgan fingerprint density at radius 2 is 1.69 bits per heavy atom. The zero-order valence-corrected chi connectivity index (χ0v) is 9.96. The van der Waals surface area contributed by atoms with E-state index in [1.807, 2.05) is 11.9 Å². The molecule has 72 valence electrons. The van der Waals surface area contributed by atoms with E-state index in [2.05, 4.69) is 46.7 Å². The Morgan fingerprint density at radius 1 is 1.23 bits per heavy atom. The molecule has 0 aromatic carbocycles. The van der Waals surface area contributed by atoms with Crippen LogP contribution in [-0.4, -0.2) is 22.6 Å². The standard InChI is InChI=1S/C9H14BrN3/c1-9(2,3)13(4)8-11-5-7(10)6-12-8/h5-6H,1-4H3. The van der Waals surface area contributed by atoms with Crippen LogP contribution in [0.4, 0.5) is 5.95 Å². The van der Waals surface area contributed by atoms with E-state index in [1.165, 1.54) is 0 Å². The van der Waals surface area contributed by atoms with Gasteiger partial charge in [-0.15, -0.1) is 0 Å². The summed E-state index contributed by atoms with van der Waals surface area (Å²) in [5.74, 6) is 0.746. The van der Waals surface area contributed by atoms with E-state index in [9.17, 15) is 0 Å². The van der Waals surface area contributed by atoms with E-state index in [4.69, 9.17) is 0 Å². The van der Waals surface area contributed by atoms with Crippen LogP contribution in [0.2, 0.25) is 0 Å². The zero-order chi connectivity index (χ0) is 10.1. The van der Waals surface area contributed by atoms with Crippen molar-refractivity contribution in [3.05, 3.63) is 16.9 Å². The van der Waals surface area contributed by atoms with Crippen LogP contribution in [0.15, 0.2) is 16.9 Å². The Balaban J connectivity index is 2.90. The molecule has 0 amide bonds. The molecule has 0 aliphatic rings. The van der Waals surface area contributed by atoms with Crippen molar-refractivity contribution in [2.45, 2.75) is 26.3 Å². The van der Waals surface area contributed by atoms with Gasteiger partial charge in [0.1, 0.15) is 0 Å². The summed E-state index contributed by atoms with van der Waals surface area (Å²) in [6.45, 7) is 6.37. The highest BCUT2D eigenvalue weighted by molar-refractivity contribution is 9.10. The van der Waals surface area contributed by atoms with E-state index in [1.54, 1.807) is 12.4 Å². The van der Waals surface area contributed by atoms with Crippen molar-refractivity contribution >= 4 is 21.9 Å². The van der Waals surface area contributed by atoms with Crippen molar-refractivity contribution in [2.24, 2.45) is 0 Å². The van der Waals surface area contributed by atoms with Gasteiger partial charge in [0.2, 0.25) is 5.95 Å². The van der Waals surface area contributed by atoms with Crippen LogP contribution in [0.5, 0.6) is 0 Å². The third-order valence-electron chi connectivity index (χ3n) is 1.91. The minimum absolute atomic E-state index is 0.0494. The average molecular weight is 244 g/mol. The second kappa shape index (κ2) is 3.62. The molecule has 0 atom stereocenters. The number of halogens is 1. The summed E-state index contributed by atoms with van der Waals surface area (Å²) in [6, 6.07) is 0. The highest BCUT2D eigenvalue weighted by Gasteiger charge is 2.19. The molecule has 0 spiro atoms. The maximum absolute atomic E-state index is 4.21. The number of rotatable bonds is 1. The third-order valence-corrected chi connectivity index (χ3v) is 2.32. The van der Waals surface area contributed by atoms with Crippen LogP contribution in [0.25, 0.3) is 0 Å². The summed E-state index contributed by atoms with van der Waals surface area (Å²) >= 11 is 3.30. The largest absolute Gasteiger partial charge is 0.339 e. The molecule has 3 nitrogen and oxygen atoms in total. The fourth-order valence-corrected chi connectivity index (χ4v) is 0.983. The summed E-state index contributed by atoms with van der Waals surface area (Å²) in [4.78, 5) is 10.5. The molecule has 4 heteroatoms. The molecule has 1 aromatic heterocycles. The average Bonchev–Trinajstić information content (AvgIpc) is 2.03. The van der Waals surface area contributed by atoms with Crippen LogP contribution in [0.3, 0.4) is 0 Å². The van der Waals surface area contributed by atoms with E-state index in [-0.39, 0.29) is 5.54 Å². The second-order valence-corrected chi connectivity index (χ2v) is 4.85. The van der Waals surface area contributed by atoms with Gasteiger partial charge in [-0.05, 0) is 36.7 Å². The van der Waals surface area contributed by atoms with Gasteiger partial charge < -0.3 is 4.90 Å². The Labute approximate surface area is 87.3 Å². The summed E-state index contributed by atoms with van der Waals surface area (Å²) in [5, 5.41) is 0. The van der Waals surface area contributed by atoms with Gasteiger partial charge in [-0.3, -0.25) is 0 Å². The lowest BCUT2D eigenvalue weighted by molar-refractivity contribution is 0.528. The molecular formula is C9H14BrN3. The maximum Gasteiger partial charge on any atom is 0.225 e. The number of nitrogens with zero attached hydrogens (tertiary/aromatic N) is 3. The first-order valence-electron chi connectivity index (χ1n) is 4.12. The van der Waals surface area contributed by atoms with Crippen LogP contribution < -0.4 is 4.90 Å². The van der Waals surface area contributed by atoms with Gasteiger partial charge in [0.25, 0.3) is 0 Å². The van der Waals surface area contributed by atoms with Gasteiger partial charge in [0.15, 0.2) is 0 Å². The van der Waals surface area contributed by atoms with Crippen molar-refractivity contribution in [3.63, 3.8) is 0 Å². The Hall–Kier alpha value is -0.640. The van der Waals surface area contributed by atoms with Crippen LogP contribution >= 0.6 is 15.9 Å². The number of hydrogen-bond acceptors (Lipinski definition) is 3. The van der Waals surface area contributed by atoms with Gasteiger partial charge in [-0.25, -0.2) is 9.97 Å². The van der Waals surface area contributed by atoms with Crippen LogP contribution in [-0.2, 0) is 0 Å². The van der Waals surface area contributed by atoms with Crippen molar-refractivity contribution in [1.82, 2.24) is 9.97 Å². The smallest absolute Gasteiger partial charge is 0.225 e. The first-order valence-corrected chi connectivity index (χ1v) is 4.92. The highest BCUT2D eigenvalue weighted by atomic mass is 79.9. The molecule has 0 bridgehead atoms. The molecule has 0 aliphatic carbocycles. The van der Waals surface area contributed by atoms with Gasteiger partial charge in [-0.1, -0.05) is 0 Å².